The predicted molar refractivity (Wildman–Crippen MR) is 121 cm³/mol. The Bertz CT molecular complexity index is 1070. The maximum Gasteiger partial charge on any atom is 0.407 e. The van der Waals surface area contributed by atoms with E-state index in [0.717, 1.165) is 33.5 Å². The first-order chi connectivity index (χ1) is 15.2. The summed E-state index contributed by atoms with van der Waals surface area (Å²) in [5, 5.41) is 15.9. The lowest BCUT2D eigenvalue weighted by molar-refractivity contribution is 0.0523. The molecule has 0 saturated carbocycles. The smallest absolute Gasteiger partial charge is 0.407 e. The molecule has 3 aromatic rings. The zero-order chi connectivity index (χ0) is 23.3. The maximum atomic E-state index is 13.3. The molecule has 32 heavy (non-hydrogen) atoms. The standard InChI is InChI=1S/C24H31FN4O3/c1-16-10-18(8-9-19(16)12-26-23(31)32-24(2,3)4)22-21-11-17(6-5-7-20(25)14-30)13-29(21)28-15-27-22/h8-11,13,15,20,30H,5-7,12,14H2,1-4H3,(H,26,31)/t20-/m0/s1. The second-order valence-corrected chi connectivity index (χ2v) is 8.96. The average molecular weight is 443 g/mol. The summed E-state index contributed by atoms with van der Waals surface area (Å²) >= 11 is 0. The zero-order valence-corrected chi connectivity index (χ0v) is 19.1. The van der Waals surface area contributed by atoms with Crippen molar-refractivity contribution < 1.29 is 19.0 Å². The van der Waals surface area contributed by atoms with Crippen molar-refractivity contribution in [3.05, 3.63) is 53.5 Å². The summed E-state index contributed by atoms with van der Waals surface area (Å²) in [4.78, 5) is 16.4. The Morgan fingerprint density at radius 2 is 2.09 bits per heavy atom. The first kappa shape index (κ1) is 23.7. The Morgan fingerprint density at radius 3 is 2.78 bits per heavy atom. The number of fused-ring (bicyclic) bond motifs is 1. The summed E-state index contributed by atoms with van der Waals surface area (Å²) in [5.41, 5.74) is 5.16. The number of benzene rings is 1. The average Bonchev–Trinajstić information content (AvgIpc) is 3.14. The molecule has 0 spiro atoms. The van der Waals surface area contributed by atoms with E-state index in [0.29, 0.717) is 25.8 Å². The molecule has 3 rings (SSSR count). The number of hydrogen-bond donors (Lipinski definition) is 2. The summed E-state index contributed by atoms with van der Waals surface area (Å²) in [6, 6.07) is 8.01. The van der Waals surface area contributed by atoms with Gasteiger partial charge < -0.3 is 15.2 Å². The fourth-order valence-corrected chi connectivity index (χ4v) is 3.48. The molecule has 1 atom stereocenters. The molecule has 2 aromatic heterocycles. The second kappa shape index (κ2) is 10.1. The quantitative estimate of drug-likeness (QED) is 0.540. The van der Waals surface area contributed by atoms with Crippen LogP contribution in [0.1, 0.15) is 50.3 Å². The zero-order valence-electron chi connectivity index (χ0n) is 19.1. The number of nitrogens with zero attached hydrogens (tertiary/aromatic N) is 3. The normalized spacial score (nSPS) is 12.7. The van der Waals surface area contributed by atoms with Gasteiger partial charge in [0.2, 0.25) is 0 Å². The predicted octanol–water partition coefficient (Wildman–Crippen LogP) is 4.38. The summed E-state index contributed by atoms with van der Waals surface area (Å²) in [6.07, 6.45) is 3.52. The maximum absolute atomic E-state index is 13.3. The topological polar surface area (TPSA) is 88.8 Å². The van der Waals surface area contributed by atoms with Gasteiger partial charge in [0.15, 0.2) is 0 Å². The molecule has 7 nitrogen and oxygen atoms in total. The van der Waals surface area contributed by atoms with Gasteiger partial charge in [0.05, 0.1) is 17.8 Å². The Kier molecular flexibility index (Phi) is 7.45. The van der Waals surface area contributed by atoms with E-state index in [9.17, 15) is 9.18 Å². The number of ether oxygens (including phenoxy) is 1. The Balaban J connectivity index is 1.74. The van der Waals surface area contributed by atoms with Crippen molar-refractivity contribution in [2.45, 2.75) is 65.3 Å². The fraction of sp³-hybridized carbons (Fsp3) is 0.458. The van der Waals surface area contributed by atoms with Crippen molar-refractivity contribution in [1.82, 2.24) is 19.9 Å². The second-order valence-electron chi connectivity index (χ2n) is 8.96. The van der Waals surface area contributed by atoms with Crippen molar-refractivity contribution in [2.24, 2.45) is 0 Å². The van der Waals surface area contributed by atoms with Crippen molar-refractivity contribution in [3.63, 3.8) is 0 Å². The number of aliphatic hydroxyl groups is 1. The van der Waals surface area contributed by atoms with Gasteiger partial charge in [0.1, 0.15) is 18.1 Å². The van der Waals surface area contributed by atoms with E-state index in [2.05, 4.69) is 15.4 Å². The summed E-state index contributed by atoms with van der Waals surface area (Å²) < 4.78 is 20.3. The number of nitrogens with one attached hydrogen (secondary N) is 1. The van der Waals surface area contributed by atoms with Gasteiger partial charge >= 0.3 is 6.09 Å². The van der Waals surface area contributed by atoms with Crippen LogP contribution in [0.4, 0.5) is 9.18 Å². The number of rotatable bonds is 8. The summed E-state index contributed by atoms with van der Waals surface area (Å²) in [5.74, 6) is 0. The molecule has 0 bridgehead atoms. The minimum atomic E-state index is -1.17. The number of aliphatic hydroxyl groups excluding tert-OH is 1. The van der Waals surface area contributed by atoms with Crippen molar-refractivity contribution in [2.75, 3.05) is 6.61 Å². The molecular formula is C24H31FN4O3. The third-order valence-corrected chi connectivity index (χ3v) is 5.08. The van der Waals surface area contributed by atoms with Crippen LogP contribution in [0.3, 0.4) is 0 Å². The van der Waals surface area contributed by atoms with Gasteiger partial charge in [-0.25, -0.2) is 18.7 Å². The third-order valence-electron chi connectivity index (χ3n) is 5.08. The Labute approximate surface area is 187 Å². The molecule has 2 N–H and O–H groups in total. The highest BCUT2D eigenvalue weighted by Crippen LogP contribution is 2.26. The number of carbonyl (C=O) groups excluding carboxylic acids is 1. The van der Waals surface area contributed by atoms with E-state index in [4.69, 9.17) is 9.84 Å². The van der Waals surface area contributed by atoms with Gasteiger partial charge in [0, 0.05) is 18.3 Å². The van der Waals surface area contributed by atoms with Gasteiger partial charge in [-0.2, -0.15) is 5.10 Å². The van der Waals surface area contributed by atoms with Crippen LogP contribution in [-0.4, -0.2) is 44.2 Å². The number of hydrogen-bond acceptors (Lipinski definition) is 5. The molecule has 172 valence electrons. The number of amides is 1. The molecule has 0 saturated heterocycles. The van der Waals surface area contributed by atoms with Gasteiger partial charge in [-0.15, -0.1) is 0 Å². The molecule has 0 aliphatic rings. The van der Waals surface area contributed by atoms with E-state index in [1.165, 1.54) is 6.33 Å². The largest absolute Gasteiger partial charge is 0.444 e. The minimum absolute atomic E-state index is 0.333. The summed E-state index contributed by atoms with van der Waals surface area (Å²) in [7, 11) is 0. The number of aromatic nitrogens is 3. The monoisotopic (exact) mass is 442 g/mol. The molecule has 0 aliphatic heterocycles. The number of alkyl carbamates (subject to hydrolysis) is 1. The van der Waals surface area contributed by atoms with E-state index >= 15 is 0 Å². The Hall–Kier alpha value is -3.00. The molecule has 1 aromatic carbocycles. The lowest BCUT2D eigenvalue weighted by atomic mass is 10.0. The lowest BCUT2D eigenvalue weighted by Gasteiger charge is -2.20. The van der Waals surface area contributed by atoms with Crippen LogP contribution in [0.5, 0.6) is 0 Å². The van der Waals surface area contributed by atoms with Crippen molar-refractivity contribution >= 4 is 11.6 Å². The van der Waals surface area contributed by atoms with Crippen molar-refractivity contribution in [3.8, 4) is 11.3 Å². The molecule has 0 radical (unpaired) electrons. The van der Waals surface area contributed by atoms with Crippen LogP contribution in [0.25, 0.3) is 16.8 Å². The van der Waals surface area contributed by atoms with Crippen LogP contribution < -0.4 is 5.32 Å². The molecule has 8 heteroatoms. The van der Waals surface area contributed by atoms with E-state index in [-0.39, 0.29) is 0 Å². The highest BCUT2D eigenvalue weighted by molar-refractivity contribution is 5.77. The highest BCUT2D eigenvalue weighted by atomic mass is 19.1. The van der Waals surface area contributed by atoms with E-state index in [1.807, 2.05) is 58.2 Å². The van der Waals surface area contributed by atoms with Gasteiger partial charge in [0.25, 0.3) is 0 Å². The Morgan fingerprint density at radius 1 is 1.31 bits per heavy atom. The number of aryl methyl sites for hydroxylation is 2. The molecular weight excluding hydrogens is 411 g/mol. The van der Waals surface area contributed by atoms with Crippen LogP contribution in [0.15, 0.2) is 36.8 Å². The minimum Gasteiger partial charge on any atom is -0.444 e. The van der Waals surface area contributed by atoms with Crippen LogP contribution >= 0.6 is 0 Å². The van der Waals surface area contributed by atoms with Crippen LogP contribution in [-0.2, 0) is 17.7 Å². The molecule has 1 amide bonds. The van der Waals surface area contributed by atoms with Gasteiger partial charge in [-0.05, 0) is 75.8 Å². The van der Waals surface area contributed by atoms with Crippen LogP contribution in [0.2, 0.25) is 0 Å². The van der Waals surface area contributed by atoms with Crippen LogP contribution in [0, 0.1) is 6.92 Å². The number of carbonyl (C=O) groups is 1. The highest BCUT2D eigenvalue weighted by Gasteiger charge is 2.16. The molecule has 0 unspecified atom stereocenters. The van der Waals surface area contributed by atoms with Crippen molar-refractivity contribution in [1.29, 1.82) is 0 Å². The van der Waals surface area contributed by atoms with Gasteiger partial charge in [-0.1, -0.05) is 12.1 Å². The van der Waals surface area contributed by atoms with Gasteiger partial charge in [-0.3, -0.25) is 0 Å². The SMILES string of the molecule is Cc1cc(-c2ncnn3cc(CCC[C@H](F)CO)cc23)ccc1CNC(=O)OC(C)(C)C. The molecule has 0 fully saturated rings. The third kappa shape index (κ3) is 6.26. The molecule has 0 aliphatic carbocycles. The molecule has 2 heterocycles. The first-order valence-electron chi connectivity index (χ1n) is 10.8. The first-order valence-corrected chi connectivity index (χ1v) is 10.8. The van der Waals surface area contributed by atoms with E-state index < -0.39 is 24.5 Å². The number of alkyl halides is 1. The fourth-order valence-electron chi connectivity index (χ4n) is 3.48. The lowest BCUT2D eigenvalue weighted by Crippen LogP contribution is -2.32. The number of halogens is 1. The van der Waals surface area contributed by atoms with E-state index in [1.54, 1.807) is 4.52 Å². The summed E-state index contributed by atoms with van der Waals surface area (Å²) in [6.45, 7) is 7.42.